The lowest BCUT2D eigenvalue weighted by molar-refractivity contribution is 0.309. The molecule has 1 rings (SSSR count). The molecule has 0 bridgehead atoms. The maximum Gasteiger partial charge on any atom is 0.125 e. The van der Waals surface area contributed by atoms with Gasteiger partial charge in [-0.15, -0.1) is 0 Å². The summed E-state index contributed by atoms with van der Waals surface area (Å²) in [6.07, 6.45) is 0. The lowest BCUT2D eigenvalue weighted by atomic mass is 9.85. The van der Waals surface area contributed by atoms with Crippen LogP contribution < -0.4 is 10.6 Å². The van der Waals surface area contributed by atoms with Crippen LogP contribution in [0.5, 0.6) is 0 Å². The maximum absolute atomic E-state index is 13.3. The van der Waals surface area contributed by atoms with Gasteiger partial charge in [0.15, 0.2) is 0 Å². The second kappa shape index (κ2) is 5.50. The molecule has 0 aliphatic carbocycles. The van der Waals surface area contributed by atoms with E-state index in [1.807, 2.05) is 6.07 Å². The summed E-state index contributed by atoms with van der Waals surface area (Å²) in [5.74, 6) is -0.203. The van der Waals surface area contributed by atoms with E-state index in [0.717, 1.165) is 12.2 Å². The average molecular weight is 238 g/mol. The van der Waals surface area contributed by atoms with Crippen molar-refractivity contribution in [2.75, 3.05) is 18.0 Å². The summed E-state index contributed by atoms with van der Waals surface area (Å²) in [5, 5.41) is 0. The number of nitrogens with zero attached hydrogens (tertiary/aromatic N) is 1. The molecule has 1 unspecified atom stereocenters. The van der Waals surface area contributed by atoms with Crippen molar-refractivity contribution in [1.29, 1.82) is 0 Å². The molecule has 0 fully saturated rings. The van der Waals surface area contributed by atoms with Crippen molar-refractivity contribution in [3.05, 3.63) is 30.1 Å². The Labute approximate surface area is 104 Å². The predicted octanol–water partition coefficient (Wildman–Crippen LogP) is 3.03. The fraction of sp³-hybridized carbons (Fsp3) is 0.571. The highest BCUT2D eigenvalue weighted by atomic mass is 19.1. The molecule has 0 heterocycles. The summed E-state index contributed by atoms with van der Waals surface area (Å²) >= 11 is 0. The van der Waals surface area contributed by atoms with E-state index in [-0.39, 0.29) is 17.3 Å². The number of halogens is 1. The summed E-state index contributed by atoms with van der Waals surface area (Å²) < 4.78 is 13.3. The molecule has 0 spiro atoms. The monoisotopic (exact) mass is 238 g/mol. The van der Waals surface area contributed by atoms with E-state index in [2.05, 4.69) is 32.6 Å². The molecule has 1 atom stereocenters. The van der Waals surface area contributed by atoms with Crippen molar-refractivity contribution < 1.29 is 4.39 Å². The second-order valence-electron chi connectivity index (χ2n) is 5.38. The van der Waals surface area contributed by atoms with Crippen molar-refractivity contribution in [2.45, 2.75) is 33.7 Å². The number of anilines is 1. The standard InChI is InChI=1S/C14H23FN2/c1-5-17(13(10-16)14(2,3)4)12-8-6-7-11(15)9-12/h6-9,13H,5,10,16H2,1-4H3. The molecular weight excluding hydrogens is 215 g/mol. The first-order valence-electron chi connectivity index (χ1n) is 6.12. The quantitative estimate of drug-likeness (QED) is 0.873. The number of nitrogens with two attached hydrogens (primary N) is 1. The number of hydrogen-bond donors (Lipinski definition) is 1. The minimum absolute atomic E-state index is 0.0665. The summed E-state index contributed by atoms with van der Waals surface area (Å²) in [5.41, 5.74) is 6.84. The number of hydrogen-bond acceptors (Lipinski definition) is 2. The van der Waals surface area contributed by atoms with E-state index in [1.165, 1.54) is 6.07 Å². The van der Waals surface area contributed by atoms with Gasteiger partial charge in [0.1, 0.15) is 5.82 Å². The highest BCUT2D eigenvalue weighted by molar-refractivity contribution is 5.48. The molecule has 2 N–H and O–H groups in total. The van der Waals surface area contributed by atoms with Crippen LogP contribution in [0.1, 0.15) is 27.7 Å². The third-order valence-electron chi connectivity index (χ3n) is 3.08. The van der Waals surface area contributed by atoms with Gasteiger partial charge in [-0.2, -0.15) is 0 Å². The molecular formula is C14H23FN2. The zero-order valence-electron chi connectivity index (χ0n) is 11.2. The van der Waals surface area contributed by atoms with Crippen molar-refractivity contribution in [2.24, 2.45) is 11.1 Å². The van der Waals surface area contributed by atoms with Crippen LogP contribution in [0.4, 0.5) is 10.1 Å². The van der Waals surface area contributed by atoms with Gasteiger partial charge in [-0.1, -0.05) is 26.8 Å². The third kappa shape index (κ3) is 3.43. The van der Waals surface area contributed by atoms with Gasteiger partial charge >= 0.3 is 0 Å². The van der Waals surface area contributed by atoms with E-state index in [4.69, 9.17) is 5.73 Å². The zero-order valence-corrected chi connectivity index (χ0v) is 11.2. The maximum atomic E-state index is 13.3. The van der Waals surface area contributed by atoms with Gasteiger partial charge in [0.2, 0.25) is 0 Å². The molecule has 17 heavy (non-hydrogen) atoms. The van der Waals surface area contributed by atoms with Gasteiger partial charge in [-0.3, -0.25) is 0 Å². The Morgan fingerprint density at radius 3 is 2.41 bits per heavy atom. The molecule has 0 aliphatic rings. The Morgan fingerprint density at radius 2 is 2.00 bits per heavy atom. The van der Waals surface area contributed by atoms with Crippen LogP contribution in [0.15, 0.2) is 24.3 Å². The molecule has 3 heteroatoms. The Bertz CT molecular complexity index is 357. The Hall–Kier alpha value is -1.09. The van der Waals surface area contributed by atoms with Crippen LogP contribution in [0.3, 0.4) is 0 Å². The molecule has 0 saturated heterocycles. The van der Waals surface area contributed by atoms with Gasteiger partial charge in [-0.05, 0) is 30.5 Å². The van der Waals surface area contributed by atoms with Crippen molar-refractivity contribution in [1.82, 2.24) is 0 Å². The highest BCUT2D eigenvalue weighted by Gasteiger charge is 2.28. The minimum Gasteiger partial charge on any atom is -0.367 e. The molecule has 0 aromatic heterocycles. The van der Waals surface area contributed by atoms with Gasteiger partial charge in [-0.25, -0.2) is 4.39 Å². The minimum atomic E-state index is -0.203. The van der Waals surface area contributed by atoms with Gasteiger partial charge < -0.3 is 10.6 Å². The van der Waals surface area contributed by atoms with E-state index in [1.54, 1.807) is 12.1 Å². The predicted molar refractivity (Wildman–Crippen MR) is 71.7 cm³/mol. The molecule has 0 radical (unpaired) electrons. The van der Waals surface area contributed by atoms with E-state index >= 15 is 0 Å². The number of rotatable bonds is 4. The fourth-order valence-electron chi connectivity index (χ4n) is 2.19. The van der Waals surface area contributed by atoms with Crippen molar-refractivity contribution >= 4 is 5.69 Å². The summed E-state index contributed by atoms with van der Waals surface area (Å²) in [6.45, 7) is 9.93. The van der Waals surface area contributed by atoms with Gasteiger partial charge in [0.25, 0.3) is 0 Å². The third-order valence-corrected chi connectivity index (χ3v) is 3.08. The van der Waals surface area contributed by atoms with Crippen LogP contribution >= 0.6 is 0 Å². The van der Waals surface area contributed by atoms with Crippen LogP contribution in [0.25, 0.3) is 0 Å². The van der Waals surface area contributed by atoms with Gasteiger partial charge in [0, 0.05) is 24.8 Å². The summed E-state index contributed by atoms with van der Waals surface area (Å²) in [6, 6.07) is 6.91. The van der Waals surface area contributed by atoms with E-state index in [9.17, 15) is 4.39 Å². The summed E-state index contributed by atoms with van der Waals surface area (Å²) in [4.78, 5) is 2.17. The number of benzene rings is 1. The van der Waals surface area contributed by atoms with Crippen LogP contribution in [-0.4, -0.2) is 19.1 Å². The van der Waals surface area contributed by atoms with Crippen molar-refractivity contribution in [3.8, 4) is 0 Å². The lowest BCUT2D eigenvalue weighted by Gasteiger charge is -2.40. The van der Waals surface area contributed by atoms with Crippen LogP contribution in [-0.2, 0) is 0 Å². The Kier molecular flexibility index (Phi) is 4.52. The highest BCUT2D eigenvalue weighted by Crippen LogP contribution is 2.28. The first-order valence-corrected chi connectivity index (χ1v) is 6.12. The van der Waals surface area contributed by atoms with E-state index in [0.29, 0.717) is 6.54 Å². The molecule has 0 saturated carbocycles. The Balaban J connectivity index is 3.05. The molecule has 0 amide bonds. The number of likely N-dealkylation sites (N-methyl/N-ethyl adjacent to an activating group) is 1. The average Bonchev–Trinajstić information content (AvgIpc) is 2.23. The Morgan fingerprint density at radius 1 is 1.35 bits per heavy atom. The molecule has 96 valence electrons. The van der Waals surface area contributed by atoms with Crippen LogP contribution in [0.2, 0.25) is 0 Å². The first kappa shape index (κ1) is 14.0. The molecule has 1 aromatic rings. The molecule has 2 nitrogen and oxygen atoms in total. The lowest BCUT2D eigenvalue weighted by Crippen LogP contribution is -2.49. The molecule has 1 aromatic carbocycles. The SMILES string of the molecule is CCN(c1cccc(F)c1)C(CN)C(C)(C)C. The summed E-state index contributed by atoms with van der Waals surface area (Å²) in [7, 11) is 0. The normalized spacial score (nSPS) is 13.5. The van der Waals surface area contributed by atoms with E-state index < -0.39 is 0 Å². The largest absolute Gasteiger partial charge is 0.367 e. The van der Waals surface area contributed by atoms with Crippen LogP contribution in [0, 0.1) is 11.2 Å². The fourth-order valence-corrected chi connectivity index (χ4v) is 2.19. The van der Waals surface area contributed by atoms with Crippen molar-refractivity contribution in [3.63, 3.8) is 0 Å². The zero-order chi connectivity index (χ0) is 13.1. The topological polar surface area (TPSA) is 29.3 Å². The molecule has 0 aliphatic heterocycles. The first-order chi connectivity index (χ1) is 7.90. The van der Waals surface area contributed by atoms with Gasteiger partial charge in [0.05, 0.1) is 0 Å². The smallest absolute Gasteiger partial charge is 0.125 e. The second-order valence-corrected chi connectivity index (χ2v) is 5.38.